The van der Waals surface area contributed by atoms with Crippen molar-refractivity contribution in [2.45, 2.75) is 6.42 Å². The molecule has 1 fully saturated rings. The fourth-order valence-electron chi connectivity index (χ4n) is 1.58. The molecular weight excluding hydrogens is 217 g/mol. The molecule has 0 spiro atoms. The van der Waals surface area contributed by atoms with Crippen LogP contribution < -0.4 is 5.32 Å². The van der Waals surface area contributed by atoms with Crippen LogP contribution in [0.1, 0.15) is 16.8 Å². The quantitative estimate of drug-likeness (QED) is 0.803. The number of Topliss-reactive ketones (excluding diaryl/α,β-unsaturated/α-hetero) is 1. The van der Waals surface area contributed by atoms with Crippen molar-refractivity contribution >= 4 is 17.4 Å². The molecule has 4 heteroatoms. The highest BCUT2D eigenvalue weighted by molar-refractivity contribution is 6.33. The van der Waals surface area contributed by atoms with E-state index in [1.165, 1.54) is 18.2 Å². The second kappa shape index (κ2) is 4.29. The minimum atomic E-state index is -0.422. The van der Waals surface area contributed by atoms with E-state index in [-0.39, 0.29) is 5.78 Å². The predicted molar refractivity (Wildman–Crippen MR) is 56.7 cm³/mol. The van der Waals surface area contributed by atoms with Gasteiger partial charge in [-0.3, -0.25) is 4.79 Å². The maximum atomic E-state index is 12.9. The summed E-state index contributed by atoms with van der Waals surface area (Å²) < 4.78 is 12.9. The molecule has 1 N–H and O–H groups in total. The lowest BCUT2D eigenvalue weighted by atomic mass is 9.94. The SMILES string of the molecule is O=C(CC1CNC1)c1cc(F)ccc1Cl. The fraction of sp³-hybridized carbons (Fsp3) is 0.364. The number of hydrogen-bond donors (Lipinski definition) is 1. The molecule has 0 saturated carbocycles. The van der Waals surface area contributed by atoms with E-state index in [0.29, 0.717) is 22.9 Å². The topological polar surface area (TPSA) is 29.1 Å². The molecule has 1 saturated heterocycles. The lowest BCUT2D eigenvalue weighted by Crippen LogP contribution is -2.42. The number of carbonyl (C=O) groups excluding carboxylic acids is 1. The molecule has 0 amide bonds. The average molecular weight is 228 g/mol. The Balaban J connectivity index is 2.12. The van der Waals surface area contributed by atoms with Crippen LogP contribution in [0.15, 0.2) is 18.2 Å². The van der Waals surface area contributed by atoms with Gasteiger partial charge in [0.25, 0.3) is 0 Å². The highest BCUT2D eigenvalue weighted by atomic mass is 35.5. The Morgan fingerprint density at radius 2 is 2.27 bits per heavy atom. The Kier molecular flexibility index (Phi) is 3.03. The van der Waals surface area contributed by atoms with Gasteiger partial charge in [-0.05, 0) is 37.2 Å². The lowest BCUT2D eigenvalue weighted by Gasteiger charge is -2.26. The zero-order valence-electron chi connectivity index (χ0n) is 8.09. The summed E-state index contributed by atoms with van der Waals surface area (Å²) in [4.78, 5) is 11.7. The molecule has 0 aromatic heterocycles. The van der Waals surface area contributed by atoms with Gasteiger partial charge in [-0.2, -0.15) is 0 Å². The van der Waals surface area contributed by atoms with Crippen LogP contribution in [-0.4, -0.2) is 18.9 Å². The zero-order chi connectivity index (χ0) is 10.8. The van der Waals surface area contributed by atoms with Crippen molar-refractivity contribution in [2.75, 3.05) is 13.1 Å². The molecule has 0 unspecified atom stereocenters. The Bertz CT molecular complexity index is 390. The highest BCUT2D eigenvalue weighted by Gasteiger charge is 2.22. The molecule has 80 valence electrons. The first-order valence-electron chi connectivity index (χ1n) is 4.86. The van der Waals surface area contributed by atoms with E-state index in [1.807, 2.05) is 0 Å². The number of ketones is 1. The molecule has 0 radical (unpaired) electrons. The van der Waals surface area contributed by atoms with Crippen LogP contribution >= 0.6 is 11.6 Å². The van der Waals surface area contributed by atoms with Crippen LogP contribution in [0.25, 0.3) is 0 Å². The first-order chi connectivity index (χ1) is 7.16. The number of benzene rings is 1. The first-order valence-corrected chi connectivity index (χ1v) is 5.23. The summed E-state index contributed by atoms with van der Waals surface area (Å²) in [6, 6.07) is 3.88. The molecule has 1 aromatic carbocycles. The summed E-state index contributed by atoms with van der Waals surface area (Å²) in [5.74, 6) is -0.127. The van der Waals surface area contributed by atoms with Crippen molar-refractivity contribution < 1.29 is 9.18 Å². The molecule has 2 rings (SSSR count). The molecule has 0 aliphatic carbocycles. The summed E-state index contributed by atoms with van der Waals surface area (Å²) in [5, 5.41) is 3.41. The van der Waals surface area contributed by atoms with Gasteiger partial charge in [-0.25, -0.2) is 4.39 Å². The standard InChI is InChI=1S/C11H11ClFNO/c12-10-2-1-8(13)4-9(10)11(15)3-7-5-14-6-7/h1-2,4,7,14H,3,5-6H2. The molecule has 1 heterocycles. The molecule has 2 nitrogen and oxygen atoms in total. The molecular formula is C11H11ClFNO. The molecule has 0 bridgehead atoms. The maximum absolute atomic E-state index is 12.9. The number of halogens is 2. The predicted octanol–water partition coefficient (Wildman–Crippen LogP) is 2.27. The lowest BCUT2D eigenvalue weighted by molar-refractivity contribution is 0.0945. The van der Waals surface area contributed by atoms with E-state index in [1.54, 1.807) is 0 Å². The molecule has 1 aromatic rings. The molecule has 15 heavy (non-hydrogen) atoms. The molecule has 0 atom stereocenters. The van der Waals surface area contributed by atoms with Crippen LogP contribution in [0.2, 0.25) is 5.02 Å². The number of rotatable bonds is 3. The minimum Gasteiger partial charge on any atom is -0.316 e. The molecule has 1 aliphatic rings. The van der Waals surface area contributed by atoms with Gasteiger partial charge in [0.05, 0.1) is 5.02 Å². The van der Waals surface area contributed by atoms with Gasteiger partial charge < -0.3 is 5.32 Å². The Labute approximate surface area is 92.4 Å². The monoisotopic (exact) mass is 227 g/mol. The summed E-state index contributed by atoms with van der Waals surface area (Å²) >= 11 is 5.83. The number of carbonyl (C=O) groups is 1. The summed E-state index contributed by atoms with van der Waals surface area (Å²) in [6.07, 6.45) is 0.441. The van der Waals surface area contributed by atoms with Crippen LogP contribution in [0, 0.1) is 11.7 Å². The van der Waals surface area contributed by atoms with Crippen molar-refractivity contribution in [2.24, 2.45) is 5.92 Å². The van der Waals surface area contributed by atoms with Crippen LogP contribution in [0.3, 0.4) is 0 Å². The van der Waals surface area contributed by atoms with E-state index in [4.69, 9.17) is 11.6 Å². The van der Waals surface area contributed by atoms with Gasteiger partial charge in [0, 0.05) is 12.0 Å². The number of hydrogen-bond acceptors (Lipinski definition) is 2. The Hall–Kier alpha value is -0.930. The average Bonchev–Trinajstić information content (AvgIpc) is 2.15. The summed E-state index contributed by atoms with van der Waals surface area (Å²) in [5.41, 5.74) is 0.295. The van der Waals surface area contributed by atoms with Gasteiger partial charge in [0.15, 0.2) is 5.78 Å². The van der Waals surface area contributed by atoms with Crippen molar-refractivity contribution in [3.05, 3.63) is 34.6 Å². The maximum Gasteiger partial charge on any atom is 0.164 e. The normalized spacial score (nSPS) is 16.1. The summed E-state index contributed by atoms with van der Waals surface area (Å²) in [6.45, 7) is 1.72. The zero-order valence-corrected chi connectivity index (χ0v) is 8.85. The van der Waals surface area contributed by atoms with Gasteiger partial charge in [-0.15, -0.1) is 0 Å². The second-order valence-electron chi connectivity index (χ2n) is 3.78. The largest absolute Gasteiger partial charge is 0.316 e. The minimum absolute atomic E-state index is 0.0778. The third kappa shape index (κ3) is 2.36. The third-order valence-corrected chi connectivity index (χ3v) is 2.90. The van der Waals surface area contributed by atoms with E-state index in [9.17, 15) is 9.18 Å². The van der Waals surface area contributed by atoms with Crippen molar-refractivity contribution in [3.63, 3.8) is 0 Å². The van der Waals surface area contributed by atoms with Crippen LogP contribution in [-0.2, 0) is 0 Å². The molecule has 1 aliphatic heterocycles. The van der Waals surface area contributed by atoms with Gasteiger partial charge in [-0.1, -0.05) is 11.6 Å². The highest BCUT2D eigenvalue weighted by Crippen LogP contribution is 2.21. The Morgan fingerprint density at radius 3 is 2.87 bits per heavy atom. The van der Waals surface area contributed by atoms with E-state index < -0.39 is 5.82 Å². The van der Waals surface area contributed by atoms with Crippen molar-refractivity contribution in [1.82, 2.24) is 5.32 Å². The van der Waals surface area contributed by atoms with E-state index in [0.717, 1.165) is 13.1 Å². The van der Waals surface area contributed by atoms with Crippen LogP contribution in [0.4, 0.5) is 4.39 Å². The second-order valence-corrected chi connectivity index (χ2v) is 4.18. The summed E-state index contributed by atoms with van der Waals surface area (Å²) in [7, 11) is 0. The van der Waals surface area contributed by atoms with E-state index in [2.05, 4.69) is 5.32 Å². The van der Waals surface area contributed by atoms with Gasteiger partial charge in [0.1, 0.15) is 5.82 Å². The smallest absolute Gasteiger partial charge is 0.164 e. The van der Waals surface area contributed by atoms with Crippen molar-refractivity contribution in [1.29, 1.82) is 0 Å². The fourth-order valence-corrected chi connectivity index (χ4v) is 1.80. The third-order valence-electron chi connectivity index (χ3n) is 2.57. The Morgan fingerprint density at radius 1 is 1.53 bits per heavy atom. The van der Waals surface area contributed by atoms with Crippen molar-refractivity contribution in [3.8, 4) is 0 Å². The van der Waals surface area contributed by atoms with Gasteiger partial charge in [0.2, 0.25) is 0 Å². The van der Waals surface area contributed by atoms with Crippen LogP contribution in [0.5, 0.6) is 0 Å². The van der Waals surface area contributed by atoms with E-state index >= 15 is 0 Å². The number of nitrogens with one attached hydrogen (secondary N) is 1. The van der Waals surface area contributed by atoms with Gasteiger partial charge >= 0.3 is 0 Å². The first kappa shape index (κ1) is 10.6.